The lowest BCUT2D eigenvalue weighted by Crippen LogP contribution is -2.21. The number of rotatable bonds is 4. The molecule has 5 rings (SSSR count). The van der Waals surface area contributed by atoms with Crippen molar-refractivity contribution in [2.24, 2.45) is 0 Å². The van der Waals surface area contributed by atoms with Gasteiger partial charge in [0.2, 0.25) is 6.10 Å². The third-order valence-electron chi connectivity index (χ3n) is 4.44. The Balaban J connectivity index is 1.30. The van der Waals surface area contributed by atoms with Crippen molar-refractivity contribution < 1.29 is 13.9 Å². The molecule has 1 aromatic heterocycles. The van der Waals surface area contributed by atoms with Gasteiger partial charge >= 0.3 is 0 Å². The van der Waals surface area contributed by atoms with E-state index >= 15 is 0 Å². The first-order valence-corrected chi connectivity index (χ1v) is 9.67. The van der Waals surface area contributed by atoms with E-state index in [2.05, 4.69) is 46.6 Å². The molecule has 1 atom stereocenters. The van der Waals surface area contributed by atoms with Gasteiger partial charge in [-0.1, -0.05) is 66.4 Å². The monoisotopic (exact) mass is 376 g/mol. The molecule has 0 saturated heterocycles. The second-order valence-corrected chi connectivity index (χ2v) is 7.12. The Labute approximate surface area is 160 Å². The molecule has 4 aromatic rings. The van der Waals surface area contributed by atoms with E-state index in [1.165, 1.54) is 28.1 Å². The molecule has 1 unspecified atom stereocenters. The van der Waals surface area contributed by atoms with Crippen LogP contribution in [0, 0.1) is 0 Å². The van der Waals surface area contributed by atoms with Crippen LogP contribution in [-0.2, 0) is 5.75 Å². The van der Waals surface area contributed by atoms with Gasteiger partial charge in [0.15, 0.2) is 11.5 Å². The van der Waals surface area contributed by atoms with Gasteiger partial charge in [0.25, 0.3) is 11.1 Å². The fraction of sp³-hybridized carbons (Fsp3) is 0.143. The molecule has 134 valence electrons. The molecule has 0 spiro atoms. The first-order valence-electron chi connectivity index (χ1n) is 8.68. The number of thioether (sulfide) groups is 1. The van der Waals surface area contributed by atoms with Crippen LogP contribution in [0.1, 0.15) is 17.6 Å². The molecular weight excluding hydrogens is 360 g/mol. The van der Waals surface area contributed by atoms with E-state index in [9.17, 15) is 0 Å². The summed E-state index contributed by atoms with van der Waals surface area (Å²) in [6.45, 7) is 0.354. The molecular formula is C21H16N2O3S. The molecule has 0 saturated carbocycles. The Morgan fingerprint density at radius 1 is 0.889 bits per heavy atom. The van der Waals surface area contributed by atoms with E-state index in [4.69, 9.17) is 13.9 Å². The molecule has 0 aliphatic carbocycles. The van der Waals surface area contributed by atoms with Crippen molar-refractivity contribution in [3.63, 3.8) is 0 Å². The first kappa shape index (κ1) is 16.2. The number of fused-ring (bicyclic) bond motifs is 2. The summed E-state index contributed by atoms with van der Waals surface area (Å²) in [5.41, 5.74) is 1.24. The highest BCUT2D eigenvalue weighted by molar-refractivity contribution is 7.98. The summed E-state index contributed by atoms with van der Waals surface area (Å²) < 4.78 is 17.4. The second-order valence-electron chi connectivity index (χ2n) is 6.20. The molecule has 0 fully saturated rings. The molecule has 5 nitrogen and oxygen atoms in total. The second kappa shape index (κ2) is 6.96. The SMILES string of the molecule is c1ccc2c(c1)OCC(c1nnc(SCc3cccc4ccccc34)o1)O2. The number of benzene rings is 3. The van der Waals surface area contributed by atoms with E-state index in [0.29, 0.717) is 23.5 Å². The van der Waals surface area contributed by atoms with Crippen molar-refractivity contribution in [2.45, 2.75) is 17.1 Å². The van der Waals surface area contributed by atoms with Crippen molar-refractivity contribution in [1.29, 1.82) is 0 Å². The summed E-state index contributed by atoms with van der Waals surface area (Å²) in [6, 6.07) is 22.2. The Hall–Kier alpha value is -2.99. The van der Waals surface area contributed by atoms with E-state index in [1.807, 2.05) is 30.3 Å². The average molecular weight is 376 g/mol. The quantitative estimate of drug-likeness (QED) is 0.466. The van der Waals surface area contributed by atoms with Gasteiger partial charge in [-0.2, -0.15) is 0 Å². The van der Waals surface area contributed by atoms with Crippen molar-refractivity contribution in [3.8, 4) is 11.5 Å². The maximum atomic E-state index is 5.92. The van der Waals surface area contributed by atoms with Crippen LogP contribution >= 0.6 is 11.8 Å². The van der Waals surface area contributed by atoms with Crippen molar-refractivity contribution in [2.75, 3.05) is 6.61 Å². The largest absolute Gasteiger partial charge is 0.485 e. The Morgan fingerprint density at radius 2 is 1.70 bits per heavy atom. The molecule has 1 aliphatic rings. The minimum Gasteiger partial charge on any atom is -0.485 e. The highest BCUT2D eigenvalue weighted by atomic mass is 32.2. The highest BCUT2D eigenvalue weighted by Crippen LogP contribution is 2.36. The van der Waals surface area contributed by atoms with Crippen LogP contribution in [0.4, 0.5) is 0 Å². The molecule has 6 heteroatoms. The molecule has 1 aliphatic heterocycles. The third kappa shape index (κ3) is 3.24. The van der Waals surface area contributed by atoms with Crippen LogP contribution in [-0.4, -0.2) is 16.8 Å². The fourth-order valence-corrected chi connectivity index (χ4v) is 3.88. The predicted molar refractivity (Wildman–Crippen MR) is 103 cm³/mol. The molecule has 0 N–H and O–H groups in total. The summed E-state index contributed by atoms with van der Waals surface area (Å²) in [5.74, 6) is 2.62. The molecule has 3 aromatic carbocycles. The number of ether oxygens (including phenoxy) is 2. The number of hydrogen-bond acceptors (Lipinski definition) is 6. The van der Waals surface area contributed by atoms with Gasteiger partial charge in [-0.05, 0) is 28.5 Å². The number of nitrogens with zero attached hydrogens (tertiary/aromatic N) is 2. The van der Waals surface area contributed by atoms with Gasteiger partial charge in [-0.15, -0.1) is 10.2 Å². The van der Waals surface area contributed by atoms with E-state index < -0.39 is 0 Å². The van der Waals surface area contributed by atoms with Gasteiger partial charge in [0.1, 0.15) is 6.61 Å². The summed E-state index contributed by atoms with van der Waals surface area (Å²) in [4.78, 5) is 0. The van der Waals surface area contributed by atoms with Gasteiger partial charge in [0, 0.05) is 5.75 Å². The lowest BCUT2D eigenvalue weighted by Gasteiger charge is -2.23. The Kier molecular flexibility index (Phi) is 4.18. The maximum absolute atomic E-state index is 5.92. The number of para-hydroxylation sites is 2. The normalized spacial score (nSPS) is 15.8. The summed E-state index contributed by atoms with van der Waals surface area (Å²) in [7, 11) is 0. The third-order valence-corrected chi connectivity index (χ3v) is 5.30. The lowest BCUT2D eigenvalue weighted by atomic mass is 10.1. The average Bonchev–Trinajstić information content (AvgIpc) is 3.21. The summed E-state index contributed by atoms with van der Waals surface area (Å²) in [6.07, 6.45) is -0.390. The predicted octanol–water partition coefficient (Wildman–Crippen LogP) is 5.03. The van der Waals surface area contributed by atoms with Gasteiger partial charge < -0.3 is 13.9 Å². The number of hydrogen-bond donors (Lipinski definition) is 0. The van der Waals surface area contributed by atoms with E-state index in [1.54, 1.807) is 0 Å². The van der Waals surface area contributed by atoms with Crippen LogP contribution in [0.5, 0.6) is 11.5 Å². The Bertz CT molecular complexity index is 1090. The van der Waals surface area contributed by atoms with E-state index in [0.717, 1.165) is 11.5 Å². The standard InChI is InChI=1S/C21H16N2O3S/c1-2-9-16-14(6-1)7-5-8-15(16)13-27-21-23-22-20(26-21)19-12-24-17-10-3-4-11-18(17)25-19/h1-11,19H,12-13H2. The summed E-state index contributed by atoms with van der Waals surface area (Å²) >= 11 is 1.52. The fourth-order valence-electron chi connectivity index (χ4n) is 3.11. The minimum atomic E-state index is -0.390. The zero-order valence-electron chi connectivity index (χ0n) is 14.4. The van der Waals surface area contributed by atoms with Crippen molar-refractivity contribution in [1.82, 2.24) is 10.2 Å². The van der Waals surface area contributed by atoms with Gasteiger partial charge in [-0.3, -0.25) is 0 Å². The molecule has 0 bridgehead atoms. The summed E-state index contributed by atoms with van der Waals surface area (Å²) in [5, 5.41) is 11.3. The minimum absolute atomic E-state index is 0.354. The molecule has 27 heavy (non-hydrogen) atoms. The maximum Gasteiger partial charge on any atom is 0.277 e. The van der Waals surface area contributed by atoms with Crippen molar-refractivity contribution >= 4 is 22.5 Å². The Morgan fingerprint density at radius 3 is 2.67 bits per heavy atom. The zero-order chi connectivity index (χ0) is 18.1. The molecule has 0 radical (unpaired) electrons. The van der Waals surface area contributed by atoms with Crippen LogP contribution in [0.15, 0.2) is 76.4 Å². The first-order chi connectivity index (χ1) is 13.4. The zero-order valence-corrected chi connectivity index (χ0v) is 15.2. The topological polar surface area (TPSA) is 57.4 Å². The number of aromatic nitrogens is 2. The van der Waals surface area contributed by atoms with Crippen LogP contribution in [0.25, 0.3) is 10.8 Å². The smallest absolute Gasteiger partial charge is 0.277 e. The molecule has 2 heterocycles. The van der Waals surface area contributed by atoms with Crippen LogP contribution in [0.2, 0.25) is 0 Å². The van der Waals surface area contributed by atoms with Crippen LogP contribution in [0.3, 0.4) is 0 Å². The van der Waals surface area contributed by atoms with E-state index in [-0.39, 0.29) is 6.10 Å². The van der Waals surface area contributed by atoms with Crippen molar-refractivity contribution in [3.05, 3.63) is 78.2 Å². The van der Waals surface area contributed by atoms with Crippen LogP contribution < -0.4 is 9.47 Å². The van der Waals surface area contributed by atoms with Gasteiger partial charge in [0.05, 0.1) is 0 Å². The highest BCUT2D eigenvalue weighted by Gasteiger charge is 2.27. The lowest BCUT2D eigenvalue weighted by molar-refractivity contribution is 0.0686. The van der Waals surface area contributed by atoms with Gasteiger partial charge in [-0.25, -0.2) is 0 Å². The molecule has 0 amide bonds.